The van der Waals surface area contributed by atoms with E-state index in [1.807, 2.05) is 30.3 Å². The molecule has 0 bridgehead atoms. The number of rotatable bonds is 3. The highest BCUT2D eigenvalue weighted by atomic mass is 15.4. The lowest BCUT2D eigenvalue weighted by molar-refractivity contribution is 1.10. The number of nitrogens with zero attached hydrogens (tertiary/aromatic N) is 2. The minimum absolute atomic E-state index is 0.970. The van der Waals surface area contributed by atoms with Crippen molar-refractivity contribution < 1.29 is 0 Å². The smallest absolute Gasteiger partial charge is 0.0645 e. The highest BCUT2D eigenvalue weighted by Crippen LogP contribution is 2.12. The van der Waals surface area contributed by atoms with E-state index in [1.54, 1.807) is 11.2 Å². The monoisotopic (exact) mass is 146 g/mol. The van der Waals surface area contributed by atoms with Crippen LogP contribution >= 0.6 is 0 Å². The molecule has 1 rings (SSSR count). The van der Waals surface area contributed by atoms with Crippen LogP contribution in [0.3, 0.4) is 0 Å². The predicted molar refractivity (Wildman–Crippen MR) is 48.7 cm³/mol. The molecular weight excluding hydrogens is 136 g/mol. The Bertz CT molecular complexity index is 233. The Morgan fingerprint density at radius 1 is 1.27 bits per heavy atom. The summed E-state index contributed by atoms with van der Waals surface area (Å²) in [6, 6.07) is 9.72. The van der Waals surface area contributed by atoms with Crippen LogP contribution in [0, 0.1) is 0 Å². The van der Waals surface area contributed by atoms with Crippen LogP contribution in [-0.4, -0.2) is 6.72 Å². The zero-order valence-electron chi connectivity index (χ0n) is 6.27. The van der Waals surface area contributed by atoms with Gasteiger partial charge >= 0.3 is 0 Å². The normalized spacial score (nSPS) is 8.73. The van der Waals surface area contributed by atoms with Gasteiger partial charge in [0.05, 0.1) is 5.69 Å². The van der Waals surface area contributed by atoms with E-state index in [0.29, 0.717) is 0 Å². The number of benzene rings is 1. The fourth-order valence-electron chi connectivity index (χ4n) is 0.826. The molecule has 1 aromatic rings. The van der Waals surface area contributed by atoms with Crippen molar-refractivity contribution in [2.75, 3.05) is 5.01 Å². The second kappa shape index (κ2) is 3.56. The summed E-state index contributed by atoms with van der Waals surface area (Å²) in [5.74, 6) is 0. The maximum absolute atomic E-state index is 3.74. The number of para-hydroxylation sites is 1. The lowest BCUT2D eigenvalue weighted by Gasteiger charge is -2.11. The largest absolute Gasteiger partial charge is 0.242 e. The topological polar surface area (TPSA) is 15.6 Å². The van der Waals surface area contributed by atoms with Crippen molar-refractivity contribution >= 4 is 12.4 Å². The zero-order chi connectivity index (χ0) is 8.10. The van der Waals surface area contributed by atoms with Gasteiger partial charge in [0.2, 0.25) is 0 Å². The van der Waals surface area contributed by atoms with Gasteiger partial charge in [-0.3, -0.25) is 0 Å². The standard InChI is InChI=1S/C9H10N2/c1-3-11(10-2)9-7-5-4-6-8-9/h3-8H,1-2H2. The van der Waals surface area contributed by atoms with Crippen LogP contribution < -0.4 is 5.01 Å². The second-order valence-corrected chi connectivity index (χ2v) is 2.00. The highest BCUT2D eigenvalue weighted by molar-refractivity contribution is 5.49. The molecule has 0 heterocycles. The fraction of sp³-hybridized carbons (Fsp3) is 0. The maximum Gasteiger partial charge on any atom is 0.0645 e. The Hall–Kier alpha value is -1.57. The summed E-state index contributed by atoms with van der Waals surface area (Å²) in [6.45, 7) is 7.01. The minimum Gasteiger partial charge on any atom is -0.242 e. The van der Waals surface area contributed by atoms with Gasteiger partial charge in [0.1, 0.15) is 0 Å². The van der Waals surface area contributed by atoms with E-state index in [0.717, 1.165) is 5.69 Å². The average molecular weight is 146 g/mol. The van der Waals surface area contributed by atoms with Crippen LogP contribution in [0.5, 0.6) is 0 Å². The summed E-state index contributed by atoms with van der Waals surface area (Å²) in [7, 11) is 0. The molecule has 1 aromatic carbocycles. The van der Waals surface area contributed by atoms with Crippen molar-refractivity contribution in [1.29, 1.82) is 0 Å². The van der Waals surface area contributed by atoms with Crippen LogP contribution in [0.2, 0.25) is 0 Å². The van der Waals surface area contributed by atoms with Gasteiger partial charge in [-0.25, -0.2) is 5.01 Å². The molecule has 11 heavy (non-hydrogen) atoms. The molecule has 0 unspecified atom stereocenters. The van der Waals surface area contributed by atoms with Gasteiger partial charge in [-0.05, 0) is 12.1 Å². The van der Waals surface area contributed by atoms with Gasteiger partial charge < -0.3 is 0 Å². The van der Waals surface area contributed by atoms with E-state index in [2.05, 4.69) is 18.4 Å². The van der Waals surface area contributed by atoms with Crippen LogP contribution in [0.1, 0.15) is 0 Å². The van der Waals surface area contributed by atoms with E-state index in [1.165, 1.54) is 0 Å². The molecule has 0 aliphatic heterocycles. The molecule has 0 saturated heterocycles. The van der Waals surface area contributed by atoms with Crippen molar-refractivity contribution in [3.05, 3.63) is 43.1 Å². The summed E-state index contributed by atoms with van der Waals surface area (Å²) in [6.07, 6.45) is 1.61. The van der Waals surface area contributed by atoms with Crippen molar-refractivity contribution in [1.82, 2.24) is 0 Å². The summed E-state index contributed by atoms with van der Waals surface area (Å²) >= 11 is 0. The van der Waals surface area contributed by atoms with E-state index < -0.39 is 0 Å². The van der Waals surface area contributed by atoms with Crippen molar-refractivity contribution in [2.45, 2.75) is 0 Å². The van der Waals surface area contributed by atoms with E-state index >= 15 is 0 Å². The molecule has 56 valence electrons. The first kappa shape index (κ1) is 7.54. The van der Waals surface area contributed by atoms with Crippen LogP contribution in [0.4, 0.5) is 5.69 Å². The summed E-state index contributed by atoms with van der Waals surface area (Å²) in [5, 5.41) is 5.35. The molecule has 0 atom stereocenters. The third-order valence-corrected chi connectivity index (χ3v) is 1.35. The Kier molecular flexibility index (Phi) is 2.44. The molecule has 0 amide bonds. The first-order valence-electron chi connectivity index (χ1n) is 3.32. The molecule has 0 radical (unpaired) electrons. The Balaban J connectivity index is 2.90. The quantitative estimate of drug-likeness (QED) is 0.471. The predicted octanol–water partition coefficient (Wildman–Crippen LogP) is 2.25. The summed E-state index contributed by atoms with van der Waals surface area (Å²) < 4.78 is 0. The third kappa shape index (κ3) is 1.67. The molecule has 0 fully saturated rings. The number of hydrogen-bond acceptors (Lipinski definition) is 2. The summed E-state index contributed by atoms with van der Waals surface area (Å²) in [5.41, 5.74) is 0.970. The van der Waals surface area contributed by atoms with E-state index in [9.17, 15) is 0 Å². The fourth-order valence-corrected chi connectivity index (χ4v) is 0.826. The zero-order valence-corrected chi connectivity index (χ0v) is 6.27. The van der Waals surface area contributed by atoms with Gasteiger partial charge in [0.15, 0.2) is 0 Å². The molecule has 0 spiro atoms. The molecule has 0 aromatic heterocycles. The summed E-state index contributed by atoms with van der Waals surface area (Å²) in [4.78, 5) is 0. The van der Waals surface area contributed by atoms with Crippen molar-refractivity contribution in [2.24, 2.45) is 5.10 Å². The van der Waals surface area contributed by atoms with Crippen LogP contribution in [0.25, 0.3) is 0 Å². The first-order chi connectivity index (χ1) is 5.38. The van der Waals surface area contributed by atoms with Gasteiger partial charge in [-0.15, -0.1) is 0 Å². The lowest BCUT2D eigenvalue weighted by atomic mass is 10.3. The minimum atomic E-state index is 0.970. The van der Waals surface area contributed by atoms with E-state index in [-0.39, 0.29) is 0 Å². The van der Waals surface area contributed by atoms with Crippen molar-refractivity contribution in [3.8, 4) is 0 Å². The molecule has 0 saturated carbocycles. The molecule has 0 N–H and O–H groups in total. The molecule has 0 aliphatic carbocycles. The number of hydrogen-bond donors (Lipinski definition) is 0. The van der Waals surface area contributed by atoms with E-state index in [4.69, 9.17) is 0 Å². The van der Waals surface area contributed by atoms with Crippen molar-refractivity contribution in [3.63, 3.8) is 0 Å². The molecule has 0 aliphatic rings. The maximum atomic E-state index is 3.74. The molecule has 2 heteroatoms. The number of anilines is 1. The SMILES string of the molecule is C=CN(N=C)c1ccccc1. The van der Waals surface area contributed by atoms with Gasteiger partial charge in [-0.2, -0.15) is 5.10 Å². The Morgan fingerprint density at radius 3 is 2.36 bits per heavy atom. The highest BCUT2D eigenvalue weighted by Gasteiger charge is 1.94. The Labute approximate surface area is 66.5 Å². The first-order valence-corrected chi connectivity index (χ1v) is 3.32. The second-order valence-electron chi connectivity index (χ2n) is 2.00. The molecule has 2 nitrogen and oxygen atoms in total. The van der Waals surface area contributed by atoms with Crippen LogP contribution in [0.15, 0.2) is 48.2 Å². The molecular formula is C9H10N2. The van der Waals surface area contributed by atoms with Crippen LogP contribution in [-0.2, 0) is 0 Å². The third-order valence-electron chi connectivity index (χ3n) is 1.35. The number of hydrazone groups is 1. The van der Waals surface area contributed by atoms with Gasteiger partial charge in [0, 0.05) is 12.9 Å². The average Bonchev–Trinajstić information content (AvgIpc) is 2.09. The van der Waals surface area contributed by atoms with Gasteiger partial charge in [-0.1, -0.05) is 24.8 Å². The van der Waals surface area contributed by atoms with Gasteiger partial charge in [0.25, 0.3) is 0 Å². The Morgan fingerprint density at radius 2 is 1.91 bits per heavy atom. The lowest BCUT2D eigenvalue weighted by Crippen LogP contribution is -2.04.